The fourth-order valence-corrected chi connectivity index (χ4v) is 2.05. The summed E-state index contributed by atoms with van der Waals surface area (Å²) in [4.78, 5) is 4.26. The number of nitrogens with zero attached hydrogens (tertiary/aromatic N) is 4. The van der Waals surface area contributed by atoms with Crippen LogP contribution in [0.3, 0.4) is 0 Å². The van der Waals surface area contributed by atoms with Crippen molar-refractivity contribution in [1.29, 1.82) is 0 Å². The van der Waals surface area contributed by atoms with Crippen LogP contribution >= 0.6 is 12.2 Å². The van der Waals surface area contributed by atoms with Gasteiger partial charge in [-0.3, -0.25) is 4.98 Å². The summed E-state index contributed by atoms with van der Waals surface area (Å²) in [6, 6.07) is 13.1. The molecule has 0 unspecified atom stereocenters. The number of aromatic nitrogens is 4. The third-order valence-corrected chi connectivity index (χ3v) is 3.25. The van der Waals surface area contributed by atoms with E-state index in [0.717, 1.165) is 11.3 Å². The number of rotatable bonds is 4. The predicted molar refractivity (Wildman–Crippen MR) is 86.6 cm³/mol. The van der Waals surface area contributed by atoms with E-state index in [1.165, 1.54) is 0 Å². The first-order valence-electron chi connectivity index (χ1n) is 6.55. The lowest BCUT2D eigenvalue weighted by Gasteiger charge is -2.01. The fraction of sp³-hybridized carbons (Fsp3) is 0.0667. The molecule has 0 aliphatic carbocycles. The third kappa shape index (κ3) is 2.94. The van der Waals surface area contributed by atoms with Crippen LogP contribution in [0.5, 0.6) is 5.75 Å². The van der Waals surface area contributed by atoms with Crippen molar-refractivity contribution in [3.63, 3.8) is 0 Å². The van der Waals surface area contributed by atoms with Gasteiger partial charge in [0.25, 0.3) is 0 Å². The highest BCUT2D eigenvalue weighted by molar-refractivity contribution is 7.71. The van der Waals surface area contributed by atoms with Crippen LogP contribution < -0.4 is 4.74 Å². The Labute approximate surface area is 132 Å². The molecule has 110 valence electrons. The number of ether oxygens (including phenoxy) is 1. The summed E-state index contributed by atoms with van der Waals surface area (Å²) >= 11 is 5.21. The van der Waals surface area contributed by atoms with Gasteiger partial charge in [-0.2, -0.15) is 14.9 Å². The topological polar surface area (TPSA) is 68.1 Å². The standard InChI is InChI=1S/C15H13N5OS/c1-21-12-7-5-11(6-8-12)10-17-20-14(18-19-15(20)22)13-4-2-3-9-16-13/h2-10H,1H3,(H,19,22)/b17-10+. The monoisotopic (exact) mass is 311 g/mol. The number of aromatic amines is 1. The van der Waals surface area contributed by atoms with E-state index in [2.05, 4.69) is 20.3 Å². The molecular formula is C15H13N5OS. The molecule has 0 amide bonds. The largest absolute Gasteiger partial charge is 0.497 e. The molecule has 0 aliphatic heterocycles. The van der Waals surface area contributed by atoms with Gasteiger partial charge >= 0.3 is 0 Å². The zero-order valence-electron chi connectivity index (χ0n) is 11.8. The van der Waals surface area contributed by atoms with Gasteiger partial charge in [0.2, 0.25) is 10.6 Å². The van der Waals surface area contributed by atoms with Crippen LogP contribution in [0.4, 0.5) is 0 Å². The number of methoxy groups -OCH3 is 1. The minimum Gasteiger partial charge on any atom is -0.497 e. The molecule has 22 heavy (non-hydrogen) atoms. The van der Waals surface area contributed by atoms with Gasteiger partial charge in [-0.25, -0.2) is 5.10 Å². The summed E-state index contributed by atoms with van der Waals surface area (Å²) in [5, 5.41) is 11.3. The maximum atomic E-state index is 5.21. The molecule has 2 aromatic heterocycles. The Morgan fingerprint density at radius 3 is 2.73 bits per heavy atom. The van der Waals surface area contributed by atoms with E-state index < -0.39 is 0 Å². The van der Waals surface area contributed by atoms with Crippen molar-refractivity contribution in [3.05, 3.63) is 59.0 Å². The molecule has 0 atom stereocenters. The van der Waals surface area contributed by atoms with Crippen LogP contribution in [0, 0.1) is 4.77 Å². The van der Waals surface area contributed by atoms with Crippen molar-refractivity contribution in [3.8, 4) is 17.3 Å². The molecule has 0 aliphatic rings. The third-order valence-electron chi connectivity index (χ3n) is 2.98. The van der Waals surface area contributed by atoms with E-state index in [0.29, 0.717) is 16.3 Å². The molecule has 3 rings (SSSR count). The molecule has 0 bridgehead atoms. The molecule has 6 nitrogen and oxygen atoms in total. The number of nitrogens with one attached hydrogen (secondary N) is 1. The first-order chi connectivity index (χ1) is 10.8. The van der Waals surface area contributed by atoms with Crippen LogP contribution in [0.2, 0.25) is 0 Å². The molecule has 0 saturated carbocycles. The van der Waals surface area contributed by atoms with Crippen molar-refractivity contribution in [2.75, 3.05) is 7.11 Å². The van der Waals surface area contributed by atoms with Gasteiger partial charge in [0.1, 0.15) is 11.4 Å². The SMILES string of the molecule is COc1ccc(/C=N/n2c(-c3ccccn3)n[nH]c2=S)cc1. The molecular weight excluding hydrogens is 298 g/mol. The van der Waals surface area contributed by atoms with Crippen LogP contribution in [0.1, 0.15) is 5.56 Å². The van der Waals surface area contributed by atoms with Gasteiger partial charge in [0.05, 0.1) is 13.3 Å². The lowest BCUT2D eigenvalue weighted by molar-refractivity contribution is 0.415. The Morgan fingerprint density at radius 1 is 1.23 bits per heavy atom. The molecule has 0 fully saturated rings. The van der Waals surface area contributed by atoms with E-state index in [-0.39, 0.29) is 0 Å². The van der Waals surface area contributed by atoms with Crippen molar-refractivity contribution in [2.24, 2.45) is 5.10 Å². The van der Waals surface area contributed by atoms with Gasteiger partial charge in [-0.05, 0) is 54.2 Å². The first-order valence-corrected chi connectivity index (χ1v) is 6.96. The average Bonchev–Trinajstić information content (AvgIpc) is 2.95. The van der Waals surface area contributed by atoms with Gasteiger partial charge in [-0.1, -0.05) is 6.07 Å². The smallest absolute Gasteiger partial charge is 0.216 e. The van der Waals surface area contributed by atoms with Crippen LogP contribution in [-0.4, -0.2) is 33.2 Å². The van der Waals surface area contributed by atoms with Gasteiger partial charge in [0.15, 0.2) is 0 Å². The summed E-state index contributed by atoms with van der Waals surface area (Å²) in [5.74, 6) is 1.36. The minimum atomic E-state index is 0.408. The summed E-state index contributed by atoms with van der Waals surface area (Å²) in [5.41, 5.74) is 1.62. The molecule has 0 spiro atoms. The van der Waals surface area contributed by atoms with Crippen molar-refractivity contribution in [1.82, 2.24) is 19.9 Å². The van der Waals surface area contributed by atoms with E-state index in [9.17, 15) is 0 Å². The van der Waals surface area contributed by atoms with E-state index in [1.807, 2.05) is 42.5 Å². The molecule has 1 aromatic carbocycles. The summed E-state index contributed by atoms with van der Waals surface area (Å²) in [7, 11) is 1.63. The Morgan fingerprint density at radius 2 is 2.05 bits per heavy atom. The summed E-state index contributed by atoms with van der Waals surface area (Å²) in [6.07, 6.45) is 3.40. The Bertz CT molecular complexity index is 836. The fourth-order valence-electron chi connectivity index (χ4n) is 1.87. The number of hydrogen-bond acceptors (Lipinski definition) is 5. The molecule has 0 radical (unpaired) electrons. The first kappa shape index (κ1) is 14.2. The minimum absolute atomic E-state index is 0.408. The van der Waals surface area contributed by atoms with Crippen molar-refractivity contribution < 1.29 is 4.74 Å². The van der Waals surface area contributed by atoms with Crippen molar-refractivity contribution >= 4 is 18.4 Å². The lowest BCUT2D eigenvalue weighted by atomic mass is 10.2. The van der Waals surface area contributed by atoms with Crippen LogP contribution in [0.25, 0.3) is 11.5 Å². The predicted octanol–water partition coefficient (Wildman–Crippen LogP) is 2.89. The normalized spacial score (nSPS) is 11.0. The summed E-state index contributed by atoms with van der Waals surface area (Å²) < 4.78 is 7.08. The molecule has 3 aromatic rings. The van der Waals surface area contributed by atoms with Gasteiger partial charge < -0.3 is 4.74 Å². The zero-order chi connectivity index (χ0) is 15.4. The Balaban J connectivity index is 1.93. The van der Waals surface area contributed by atoms with Crippen molar-refractivity contribution in [2.45, 2.75) is 0 Å². The second kappa shape index (κ2) is 6.31. The number of hydrogen-bond donors (Lipinski definition) is 1. The molecule has 0 saturated heterocycles. The maximum absolute atomic E-state index is 5.21. The second-order valence-electron chi connectivity index (χ2n) is 4.40. The highest BCUT2D eigenvalue weighted by Gasteiger charge is 2.08. The average molecular weight is 311 g/mol. The number of pyridine rings is 1. The van der Waals surface area contributed by atoms with Crippen LogP contribution in [0.15, 0.2) is 53.8 Å². The maximum Gasteiger partial charge on any atom is 0.216 e. The summed E-state index contributed by atoms with van der Waals surface area (Å²) in [6.45, 7) is 0. The quantitative estimate of drug-likeness (QED) is 0.594. The molecule has 2 heterocycles. The second-order valence-corrected chi connectivity index (χ2v) is 4.78. The van der Waals surface area contributed by atoms with Crippen LogP contribution in [-0.2, 0) is 0 Å². The number of benzene rings is 1. The van der Waals surface area contributed by atoms with E-state index in [4.69, 9.17) is 17.0 Å². The van der Waals surface area contributed by atoms with Gasteiger partial charge in [0, 0.05) is 6.20 Å². The Hall–Kier alpha value is -2.80. The van der Waals surface area contributed by atoms with E-state index >= 15 is 0 Å². The number of H-pyrrole nitrogens is 1. The highest BCUT2D eigenvalue weighted by atomic mass is 32.1. The van der Waals surface area contributed by atoms with E-state index in [1.54, 1.807) is 24.2 Å². The van der Waals surface area contributed by atoms with Gasteiger partial charge in [-0.15, -0.1) is 0 Å². The highest BCUT2D eigenvalue weighted by Crippen LogP contribution is 2.14. The lowest BCUT2D eigenvalue weighted by Crippen LogP contribution is -1.96. The Kier molecular flexibility index (Phi) is 4.06. The molecule has 7 heteroatoms. The zero-order valence-corrected chi connectivity index (χ0v) is 12.6. The molecule has 1 N–H and O–H groups in total.